The van der Waals surface area contributed by atoms with Crippen molar-refractivity contribution in [2.45, 2.75) is 9.96 Å². The van der Waals surface area contributed by atoms with Crippen LogP contribution in [-0.2, 0) is 0 Å². The molecule has 0 saturated carbocycles. The monoisotopic (exact) mass is 215 g/mol. The molecule has 0 bridgehead atoms. The standard InChI is InChI=1S/C5H8Cl3N3/c1-10-3-9-11(2)4(10)5(6,7)8/h3-4H,1-2H3. The average molecular weight is 216 g/mol. The van der Waals surface area contributed by atoms with Gasteiger partial charge in [0.05, 0.1) is 0 Å². The van der Waals surface area contributed by atoms with Gasteiger partial charge in [0.2, 0.25) is 3.79 Å². The van der Waals surface area contributed by atoms with Gasteiger partial charge in [-0.15, -0.1) is 0 Å². The van der Waals surface area contributed by atoms with E-state index in [1.807, 2.05) is 0 Å². The molecular formula is C5H8Cl3N3. The number of halogens is 3. The first kappa shape index (κ1) is 9.23. The predicted molar refractivity (Wildman–Crippen MR) is 48.1 cm³/mol. The van der Waals surface area contributed by atoms with Crippen molar-refractivity contribution in [3.63, 3.8) is 0 Å². The van der Waals surface area contributed by atoms with Crippen LogP contribution in [0.4, 0.5) is 0 Å². The van der Waals surface area contributed by atoms with Gasteiger partial charge in [0.15, 0.2) is 6.17 Å². The zero-order valence-electron chi connectivity index (χ0n) is 6.13. The number of hydrogen-bond acceptors (Lipinski definition) is 3. The summed E-state index contributed by atoms with van der Waals surface area (Å²) in [6, 6.07) is 0. The molecule has 0 aromatic heterocycles. The van der Waals surface area contributed by atoms with Gasteiger partial charge < -0.3 is 4.90 Å². The van der Waals surface area contributed by atoms with Crippen LogP contribution in [0.15, 0.2) is 5.10 Å². The van der Waals surface area contributed by atoms with Crippen molar-refractivity contribution in [1.29, 1.82) is 0 Å². The normalized spacial score (nSPS) is 25.0. The molecule has 0 amide bonds. The Labute approximate surface area is 80.5 Å². The number of alkyl halides is 3. The van der Waals surface area contributed by atoms with E-state index in [9.17, 15) is 0 Å². The smallest absolute Gasteiger partial charge is 0.230 e. The lowest BCUT2D eigenvalue weighted by atomic mass is 10.5. The minimum absolute atomic E-state index is 0.313. The molecule has 1 aliphatic heterocycles. The molecule has 0 saturated heterocycles. The molecule has 0 spiro atoms. The average Bonchev–Trinajstić information content (AvgIpc) is 2.08. The fourth-order valence-corrected chi connectivity index (χ4v) is 1.88. The molecule has 0 N–H and O–H groups in total. The van der Waals surface area contributed by atoms with E-state index in [-0.39, 0.29) is 6.17 Å². The molecule has 0 aromatic rings. The van der Waals surface area contributed by atoms with E-state index in [0.29, 0.717) is 0 Å². The SMILES string of the molecule is CN1C=NN(C)C1C(Cl)(Cl)Cl. The summed E-state index contributed by atoms with van der Waals surface area (Å²) >= 11 is 17.1. The van der Waals surface area contributed by atoms with Crippen LogP contribution in [-0.4, -0.2) is 40.3 Å². The van der Waals surface area contributed by atoms with Gasteiger partial charge in [-0.3, -0.25) is 5.01 Å². The second-order valence-corrected chi connectivity index (χ2v) is 4.75. The molecule has 1 atom stereocenters. The van der Waals surface area contributed by atoms with Crippen molar-refractivity contribution in [3.8, 4) is 0 Å². The Morgan fingerprint density at radius 3 is 2.09 bits per heavy atom. The highest BCUT2D eigenvalue weighted by molar-refractivity contribution is 6.68. The van der Waals surface area contributed by atoms with Crippen LogP contribution >= 0.6 is 34.8 Å². The summed E-state index contributed by atoms with van der Waals surface area (Å²) in [5, 5.41) is 5.55. The summed E-state index contributed by atoms with van der Waals surface area (Å²) in [7, 11) is 3.56. The molecule has 0 fully saturated rings. The topological polar surface area (TPSA) is 18.8 Å². The lowest BCUT2D eigenvalue weighted by molar-refractivity contribution is 0.184. The van der Waals surface area contributed by atoms with Gasteiger partial charge in [-0.05, 0) is 0 Å². The Hall–Kier alpha value is 0.140. The van der Waals surface area contributed by atoms with E-state index < -0.39 is 3.79 Å². The van der Waals surface area contributed by atoms with Gasteiger partial charge in [0, 0.05) is 14.1 Å². The van der Waals surface area contributed by atoms with Gasteiger partial charge in [-0.2, -0.15) is 5.10 Å². The van der Waals surface area contributed by atoms with Crippen molar-refractivity contribution >= 4 is 41.1 Å². The third-order valence-corrected chi connectivity index (χ3v) is 2.03. The summed E-state index contributed by atoms with van der Waals surface area (Å²) in [6.45, 7) is 0. The van der Waals surface area contributed by atoms with E-state index in [4.69, 9.17) is 34.8 Å². The van der Waals surface area contributed by atoms with Gasteiger partial charge in [0.25, 0.3) is 0 Å². The van der Waals surface area contributed by atoms with Crippen LogP contribution in [0.25, 0.3) is 0 Å². The fourth-order valence-electron chi connectivity index (χ4n) is 0.996. The highest BCUT2D eigenvalue weighted by atomic mass is 35.6. The highest BCUT2D eigenvalue weighted by Crippen LogP contribution is 2.35. The minimum Gasteiger partial charge on any atom is -0.339 e. The summed E-state index contributed by atoms with van der Waals surface area (Å²) < 4.78 is -1.33. The molecule has 3 nitrogen and oxygen atoms in total. The van der Waals surface area contributed by atoms with Crippen LogP contribution in [0.1, 0.15) is 0 Å². The van der Waals surface area contributed by atoms with Crippen molar-refractivity contribution in [2.75, 3.05) is 14.1 Å². The Kier molecular flexibility index (Phi) is 2.42. The molecule has 11 heavy (non-hydrogen) atoms. The van der Waals surface area contributed by atoms with Crippen molar-refractivity contribution < 1.29 is 0 Å². The van der Waals surface area contributed by atoms with E-state index in [1.165, 1.54) is 0 Å². The molecule has 0 aliphatic carbocycles. The Balaban J connectivity index is 2.74. The van der Waals surface area contributed by atoms with E-state index >= 15 is 0 Å². The number of hydrazone groups is 1. The molecule has 1 unspecified atom stereocenters. The lowest BCUT2D eigenvalue weighted by Gasteiger charge is -2.30. The first-order valence-electron chi connectivity index (χ1n) is 2.98. The number of rotatable bonds is 0. The van der Waals surface area contributed by atoms with E-state index in [0.717, 1.165) is 0 Å². The molecule has 64 valence electrons. The predicted octanol–water partition coefficient (Wildman–Crippen LogP) is 1.50. The molecule has 6 heteroatoms. The second kappa shape index (κ2) is 2.88. The molecule has 1 aliphatic rings. The van der Waals surface area contributed by atoms with Crippen LogP contribution in [0.3, 0.4) is 0 Å². The maximum Gasteiger partial charge on any atom is 0.230 e. The Bertz CT molecular complexity index is 164. The lowest BCUT2D eigenvalue weighted by Crippen LogP contribution is -2.45. The summed E-state index contributed by atoms with van der Waals surface area (Å²) in [4.78, 5) is 1.74. The number of hydrogen-bond donors (Lipinski definition) is 0. The van der Waals surface area contributed by atoms with Crippen LogP contribution in [0.2, 0.25) is 0 Å². The van der Waals surface area contributed by atoms with Crippen LogP contribution in [0, 0.1) is 0 Å². The van der Waals surface area contributed by atoms with Crippen molar-refractivity contribution in [3.05, 3.63) is 0 Å². The number of nitrogens with zero attached hydrogens (tertiary/aromatic N) is 3. The van der Waals surface area contributed by atoms with Gasteiger partial charge in [-0.1, -0.05) is 34.8 Å². The van der Waals surface area contributed by atoms with Crippen LogP contribution in [0.5, 0.6) is 0 Å². The third-order valence-electron chi connectivity index (χ3n) is 1.45. The van der Waals surface area contributed by atoms with Gasteiger partial charge in [0.1, 0.15) is 6.34 Å². The Morgan fingerprint density at radius 2 is 1.91 bits per heavy atom. The second-order valence-electron chi connectivity index (χ2n) is 2.39. The maximum atomic E-state index is 5.70. The summed E-state index contributed by atoms with van der Waals surface area (Å²) in [6.07, 6.45) is 1.31. The van der Waals surface area contributed by atoms with Crippen molar-refractivity contribution in [1.82, 2.24) is 9.91 Å². The van der Waals surface area contributed by atoms with Crippen molar-refractivity contribution in [2.24, 2.45) is 5.10 Å². The zero-order chi connectivity index (χ0) is 8.65. The quantitative estimate of drug-likeness (QED) is 0.572. The largest absolute Gasteiger partial charge is 0.339 e. The fraction of sp³-hybridized carbons (Fsp3) is 0.800. The van der Waals surface area contributed by atoms with Crippen LogP contribution < -0.4 is 0 Å². The molecule has 0 radical (unpaired) electrons. The molecule has 1 rings (SSSR count). The Morgan fingerprint density at radius 1 is 1.36 bits per heavy atom. The zero-order valence-corrected chi connectivity index (χ0v) is 8.40. The van der Waals surface area contributed by atoms with Gasteiger partial charge in [-0.25, -0.2) is 0 Å². The maximum absolute atomic E-state index is 5.70. The highest BCUT2D eigenvalue weighted by Gasteiger charge is 2.40. The third kappa shape index (κ3) is 1.83. The van der Waals surface area contributed by atoms with E-state index in [2.05, 4.69) is 5.10 Å². The molecular weight excluding hydrogens is 208 g/mol. The summed E-state index contributed by atoms with van der Waals surface area (Å²) in [5.41, 5.74) is 0. The first-order chi connectivity index (χ1) is 4.93. The van der Waals surface area contributed by atoms with E-state index in [1.54, 1.807) is 30.3 Å². The molecule has 1 heterocycles. The van der Waals surface area contributed by atoms with Gasteiger partial charge >= 0.3 is 0 Å². The molecule has 0 aromatic carbocycles. The minimum atomic E-state index is -1.33. The first-order valence-corrected chi connectivity index (χ1v) is 4.12. The summed E-state index contributed by atoms with van der Waals surface area (Å²) in [5.74, 6) is 0.